The van der Waals surface area contributed by atoms with Crippen LogP contribution in [0.3, 0.4) is 0 Å². The van der Waals surface area contributed by atoms with Gasteiger partial charge in [0.25, 0.3) is 11.8 Å². The number of hydrogen-bond donors (Lipinski definition) is 2. The van der Waals surface area contributed by atoms with Crippen LogP contribution in [-0.4, -0.2) is 29.3 Å². The van der Waals surface area contributed by atoms with Gasteiger partial charge >= 0.3 is 0 Å². The molecule has 1 aliphatic rings. The predicted molar refractivity (Wildman–Crippen MR) is 109 cm³/mol. The number of nitrogens with zero attached hydrogens (tertiary/aromatic N) is 1. The van der Waals surface area contributed by atoms with Gasteiger partial charge in [-0.25, -0.2) is 0 Å². The Bertz CT molecular complexity index is 882. The molecule has 26 heavy (non-hydrogen) atoms. The number of rotatable bonds is 4. The highest BCUT2D eigenvalue weighted by Gasteiger charge is 2.28. The first kappa shape index (κ1) is 19.4. The summed E-state index contributed by atoms with van der Waals surface area (Å²) in [4.78, 5) is 28.1. The molecular formula is C18H19BrClN3O2S. The van der Waals surface area contributed by atoms with Gasteiger partial charge in [-0.3, -0.25) is 14.5 Å². The van der Waals surface area contributed by atoms with Crippen molar-refractivity contribution < 1.29 is 9.59 Å². The van der Waals surface area contributed by atoms with Crippen LogP contribution in [0.15, 0.2) is 22.7 Å². The topological polar surface area (TPSA) is 75.4 Å². The van der Waals surface area contributed by atoms with E-state index in [4.69, 9.17) is 17.3 Å². The van der Waals surface area contributed by atoms with Gasteiger partial charge in [0.2, 0.25) is 0 Å². The molecule has 0 saturated carbocycles. The highest BCUT2D eigenvalue weighted by molar-refractivity contribution is 9.10. The van der Waals surface area contributed by atoms with Crippen molar-refractivity contribution in [1.29, 1.82) is 0 Å². The molecule has 2 amide bonds. The molecule has 0 fully saturated rings. The van der Waals surface area contributed by atoms with E-state index >= 15 is 0 Å². The normalized spacial score (nSPS) is 14.3. The fraction of sp³-hybridized carbons (Fsp3) is 0.333. The van der Waals surface area contributed by atoms with Crippen LogP contribution in [-0.2, 0) is 13.0 Å². The minimum absolute atomic E-state index is 0.339. The van der Waals surface area contributed by atoms with Crippen molar-refractivity contribution >= 4 is 55.7 Å². The van der Waals surface area contributed by atoms with Crippen molar-refractivity contribution in [2.45, 2.75) is 32.9 Å². The Balaban J connectivity index is 1.94. The Morgan fingerprint density at radius 1 is 1.38 bits per heavy atom. The molecule has 138 valence electrons. The summed E-state index contributed by atoms with van der Waals surface area (Å²) in [6, 6.07) is 5.48. The van der Waals surface area contributed by atoms with Crippen LogP contribution in [0.25, 0.3) is 0 Å². The first-order valence-corrected chi connectivity index (χ1v) is 10.2. The lowest BCUT2D eigenvalue weighted by Crippen LogP contribution is -2.35. The molecule has 2 heterocycles. The quantitative estimate of drug-likeness (QED) is 0.721. The third-order valence-corrected chi connectivity index (χ3v) is 6.42. The first-order chi connectivity index (χ1) is 12.3. The summed E-state index contributed by atoms with van der Waals surface area (Å²) in [5, 5.41) is 3.67. The number of nitrogens with two attached hydrogens (primary N) is 1. The van der Waals surface area contributed by atoms with Gasteiger partial charge in [0.05, 0.1) is 16.1 Å². The molecule has 0 unspecified atom stereocenters. The molecule has 2 aromatic rings. The van der Waals surface area contributed by atoms with E-state index in [0.717, 1.165) is 34.4 Å². The lowest BCUT2D eigenvalue weighted by molar-refractivity contribution is 0.0999. The molecule has 0 aliphatic carbocycles. The summed E-state index contributed by atoms with van der Waals surface area (Å²) in [6.07, 6.45) is 0.746. The molecule has 3 rings (SSSR count). The molecule has 0 saturated heterocycles. The van der Waals surface area contributed by atoms with Crippen molar-refractivity contribution in [3.8, 4) is 0 Å². The Labute approximate surface area is 169 Å². The molecule has 5 nitrogen and oxygen atoms in total. The second-order valence-electron chi connectivity index (χ2n) is 6.46. The van der Waals surface area contributed by atoms with Gasteiger partial charge < -0.3 is 11.1 Å². The predicted octanol–water partition coefficient (Wildman–Crippen LogP) is 4.28. The Hall–Kier alpha value is -1.41. The maximum Gasteiger partial charge on any atom is 0.257 e. The van der Waals surface area contributed by atoms with Gasteiger partial charge in [0.1, 0.15) is 5.00 Å². The number of nitrogens with one attached hydrogen (secondary N) is 1. The molecule has 0 spiro atoms. The molecule has 1 aromatic heterocycles. The Morgan fingerprint density at radius 2 is 2.12 bits per heavy atom. The average molecular weight is 457 g/mol. The van der Waals surface area contributed by atoms with Crippen molar-refractivity contribution in [1.82, 2.24) is 4.90 Å². The number of carbonyl (C=O) groups excluding carboxylic acids is 2. The summed E-state index contributed by atoms with van der Waals surface area (Å²) >= 11 is 10.9. The number of benzene rings is 1. The zero-order chi connectivity index (χ0) is 19.0. The van der Waals surface area contributed by atoms with Crippen LogP contribution in [0.4, 0.5) is 5.00 Å². The van der Waals surface area contributed by atoms with Gasteiger partial charge in [0.15, 0.2) is 0 Å². The number of halogens is 2. The molecule has 0 atom stereocenters. The third kappa shape index (κ3) is 3.81. The minimum atomic E-state index is -0.517. The second-order valence-corrected chi connectivity index (χ2v) is 8.89. The van der Waals surface area contributed by atoms with Crippen molar-refractivity contribution in [3.63, 3.8) is 0 Å². The fourth-order valence-corrected chi connectivity index (χ4v) is 4.89. The molecule has 0 bridgehead atoms. The summed E-state index contributed by atoms with van der Waals surface area (Å²) in [7, 11) is 0. The van der Waals surface area contributed by atoms with Crippen LogP contribution in [0.5, 0.6) is 0 Å². The Kier molecular flexibility index (Phi) is 5.72. The Morgan fingerprint density at radius 3 is 2.77 bits per heavy atom. The van der Waals surface area contributed by atoms with E-state index in [2.05, 4.69) is 40.0 Å². The van der Waals surface area contributed by atoms with Gasteiger partial charge in [-0.15, -0.1) is 11.3 Å². The number of anilines is 1. The lowest BCUT2D eigenvalue weighted by atomic mass is 10.0. The molecule has 0 radical (unpaired) electrons. The zero-order valence-electron chi connectivity index (χ0n) is 14.4. The average Bonchev–Trinajstić information content (AvgIpc) is 2.93. The highest BCUT2D eigenvalue weighted by Crippen LogP contribution is 2.38. The van der Waals surface area contributed by atoms with Crippen LogP contribution < -0.4 is 11.1 Å². The number of primary amides is 1. The molecule has 1 aliphatic heterocycles. The smallest absolute Gasteiger partial charge is 0.257 e. The molecule has 1 aromatic carbocycles. The lowest BCUT2D eigenvalue weighted by Gasteiger charge is -2.30. The largest absolute Gasteiger partial charge is 0.365 e. The number of carbonyl (C=O) groups is 2. The van der Waals surface area contributed by atoms with E-state index in [9.17, 15) is 9.59 Å². The minimum Gasteiger partial charge on any atom is -0.365 e. The summed E-state index contributed by atoms with van der Waals surface area (Å²) in [5.74, 6) is -0.880. The highest BCUT2D eigenvalue weighted by atomic mass is 79.9. The maximum absolute atomic E-state index is 12.7. The van der Waals surface area contributed by atoms with Crippen LogP contribution in [0.1, 0.15) is 45.0 Å². The number of fused-ring (bicyclic) bond motifs is 1. The fourth-order valence-electron chi connectivity index (χ4n) is 3.05. The van der Waals surface area contributed by atoms with Crippen LogP contribution in [0, 0.1) is 0 Å². The van der Waals surface area contributed by atoms with E-state index < -0.39 is 5.91 Å². The number of thiophene rings is 1. The monoisotopic (exact) mass is 455 g/mol. The van der Waals surface area contributed by atoms with Crippen molar-refractivity contribution in [2.75, 3.05) is 11.9 Å². The van der Waals surface area contributed by atoms with Crippen molar-refractivity contribution in [3.05, 3.63) is 49.3 Å². The third-order valence-electron chi connectivity index (χ3n) is 4.46. The zero-order valence-corrected chi connectivity index (χ0v) is 17.6. The molecule has 3 N–H and O–H groups in total. The standard InChI is InChI=1S/C18H19BrClN3O2S/c1-9(2)23-6-5-11-14(8-23)26-18(15(11)16(21)24)22-17(25)12-7-10(19)3-4-13(12)20/h3-4,7,9H,5-6,8H2,1-2H3,(H2,21,24)(H,22,25). The molecule has 8 heteroatoms. The van der Waals surface area contributed by atoms with E-state index in [1.807, 2.05) is 0 Å². The van der Waals surface area contributed by atoms with Gasteiger partial charge in [-0.1, -0.05) is 27.5 Å². The number of hydrogen-bond acceptors (Lipinski definition) is 4. The van der Waals surface area contributed by atoms with Crippen molar-refractivity contribution in [2.24, 2.45) is 5.73 Å². The van der Waals surface area contributed by atoms with E-state index in [1.54, 1.807) is 18.2 Å². The second kappa shape index (κ2) is 7.68. The van der Waals surface area contributed by atoms with E-state index in [1.165, 1.54) is 11.3 Å². The summed E-state index contributed by atoms with van der Waals surface area (Å²) in [6.45, 7) is 5.91. The van der Waals surface area contributed by atoms with Crippen LogP contribution >= 0.6 is 38.9 Å². The summed E-state index contributed by atoms with van der Waals surface area (Å²) < 4.78 is 0.750. The van der Waals surface area contributed by atoms with Gasteiger partial charge in [-0.05, 0) is 44.0 Å². The van der Waals surface area contributed by atoms with Crippen LogP contribution in [0.2, 0.25) is 5.02 Å². The van der Waals surface area contributed by atoms with Gasteiger partial charge in [0, 0.05) is 28.5 Å². The summed E-state index contributed by atoms with van der Waals surface area (Å²) in [5.41, 5.74) is 7.33. The SMILES string of the molecule is CC(C)N1CCc2c(sc(NC(=O)c3cc(Br)ccc3Cl)c2C(N)=O)C1. The van der Waals surface area contributed by atoms with Gasteiger partial charge in [-0.2, -0.15) is 0 Å². The maximum atomic E-state index is 12.7. The van der Waals surface area contributed by atoms with E-state index in [0.29, 0.717) is 27.2 Å². The number of amides is 2. The first-order valence-electron chi connectivity index (χ1n) is 8.22. The van der Waals surface area contributed by atoms with E-state index in [-0.39, 0.29) is 5.91 Å². The molecular weight excluding hydrogens is 438 g/mol.